The van der Waals surface area contributed by atoms with Gasteiger partial charge in [0.15, 0.2) is 0 Å². The number of halogens is 4. The van der Waals surface area contributed by atoms with Crippen molar-refractivity contribution in [3.63, 3.8) is 0 Å². The van der Waals surface area contributed by atoms with E-state index in [1.165, 1.54) is 12.8 Å². The fourth-order valence-corrected chi connectivity index (χ4v) is 3.05. The lowest BCUT2D eigenvalue weighted by atomic mass is 9.99. The predicted molar refractivity (Wildman–Crippen MR) is 87.5 cm³/mol. The van der Waals surface area contributed by atoms with Gasteiger partial charge in [-0.25, -0.2) is 0 Å². The molecule has 3 nitrogen and oxygen atoms in total. The van der Waals surface area contributed by atoms with Gasteiger partial charge in [0.2, 0.25) is 0 Å². The normalized spacial score (nSPS) is 20.0. The van der Waals surface area contributed by atoms with Crippen LogP contribution in [0.2, 0.25) is 0 Å². The molecule has 1 saturated heterocycles. The van der Waals surface area contributed by atoms with Crippen LogP contribution in [-0.2, 0) is 0 Å². The van der Waals surface area contributed by atoms with Gasteiger partial charge in [0, 0.05) is 37.8 Å². The van der Waals surface area contributed by atoms with Crippen molar-refractivity contribution in [1.82, 2.24) is 10.2 Å². The maximum Gasteiger partial charge on any atom is 0.387 e. The molecule has 1 aliphatic carbocycles. The Bertz CT molecular complexity index is 455. The van der Waals surface area contributed by atoms with E-state index >= 15 is 0 Å². The average Bonchev–Trinajstić information content (AvgIpc) is 3.26. The maximum atomic E-state index is 12.6. The first-order valence-corrected chi connectivity index (χ1v) is 7.24. The van der Waals surface area contributed by atoms with Gasteiger partial charge < -0.3 is 10.1 Å². The number of nitrogens with zero attached hydrogens (tertiary/aromatic N) is 1. The molecule has 1 heterocycles. The van der Waals surface area contributed by atoms with Gasteiger partial charge in [-0.1, -0.05) is 18.2 Å². The van der Waals surface area contributed by atoms with E-state index in [9.17, 15) is 8.78 Å². The lowest BCUT2D eigenvalue weighted by Gasteiger charge is -2.36. The molecule has 1 aromatic rings. The number of hydrogen-bond acceptors (Lipinski definition) is 3. The highest BCUT2D eigenvalue weighted by molar-refractivity contribution is 5.85. The fourth-order valence-electron chi connectivity index (χ4n) is 3.05. The molecule has 3 rings (SSSR count). The number of para-hydroxylation sites is 1. The molecule has 126 valence electrons. The molecule has 0 amide bonds. The smallest absolute Gasteiger partial charge is 0.387 e. The third-order valence-corrected chi connectivity index (χ3v) is 4.07. The summed E-state index contributed by atoms with van der Waals surface area (Å²) in [7, 11) is 0. The Morgan fingerprint density at radius 1 is 1.09 bits per heavy atom. The first-order chi connectivity index (χ1) is 9.75. The summed E-state index contributed by atoms with van der Waals surface area (Å²) >= 11 is 0. The van der Waals surface area contributed by atoms with Crippen molar-refractivity contribution in [2.75, 3.05) is 26.2 Å². The van der Waals surface area contributed by atoms with Crippen LogP contribution in [0.5, 0.6) is 5.75 Å². The highest BCUT2D eigenvalue weighted by Gasteiger charge is 2.38. The maximum absolute atomic E-state index is 12.6. The summed E-state index contributed by atoms with van der Waals surface area (Å²) in [5.41, 5.74) is 0.914. The zero-order valence-electron chi connectivity index (χ0n) is 12.2. The van der Waals surface area contributed by atoms with Crippen molar-refractivity contribution in [1.29, 1.82) is 0 Å². The minimum atomic E-state index is -2.76. The molecule has 1 N–H and O–H groups in total. The van der Waals surface area contributed by atoms with E-state index in [0.717, 1.165) is 31.7 Å². The van der Waals surface area contributed by atoms with Crippen LogP contribution in [0.15, 0.2) is 24.3 Å². The SMILES string of the molecule is Cl.Cl.FC(F)Oc1ccccc1[C@@H](C1CC1)N1CCNCC1. The standard InChI is InChI=1S/C15H20F2N2O.2ClH/c16-15(17)20-13-4-2-1-3-12(13)14(11-5-6-11)19-9-7-18-8-10-19;;/h1-4,11,14-15,18H,5-10H2;2*1H/t14-;;/m1../s1. The molecular weight excluding hydrogens is 333 g/mol. The summed E-state index contributed by atoms with van der Waals surface area (Å²) in [4.78, 5) is 2.40. The van der Waals surface area contributed by atoms with Crippen molar-refractivity contribution >= 4 is 24.8 Å². The quantitative estimate of drug-likeness (QED) is 0.875. The number of nitrogens with one attached hydrogen (secondary N) is 1. The second-order valence-electron chi connectivity index (χ2n) is 5.48. The Balaban J connectivity index is 0.00000121. The molecule has 2 aliphatic rings. The van der Waals surface area contributed by atoms with Gasteiger partial charge in [-0.15, -0.1) is 24.8 Å². The van der Waals surface area contributed by atoms with Gasteiger partial charge >= 0.3 is 6.61 Å². The molecule has 1 aliphatic heterocycles. The Morgan fingerprint density at radius 3 is 2.32 bits per heavy atom. The molecule has 1 saturated carbocycles. The predicted octanol–water partition coefficient (Wildman–Crippen LogP) is 3.49. The minimum absolute atomic E-state index is 0. The molecule has 0 aromatic heterocycles. The second kappa shape index (κ2) is 8.87. The molecule has 0 unspecified atom stereocenters. The molecule has 1 atom stereocenters. The van der Waals surface area contributed by atoms with Crippen LogP contribution in [0.1, 0.15) is 24.4 Å². The highest BCUT2D eigenvalue weighted by Crippen LogP contribution is 2.47. The fraction of sp³-hybridized carbons (Fsp3) is 0.600. The van der Waals surface area contributed by atoms with Gasteiger partial charge in [0.25, 0.3) is 0 Å². The van der Waals surface area contributed by atoms with Crippen molar-refractivity contribution < 1.29 is 13.5 Å². The lowest BCUT2D eigenvalue weighted by molar-refractivity contribution is -0.0514. The third kappa shape index (κ3) is 4.69. The summed E-state index contributed by atoms with van der Waals surface area (Å²) < 4.78 is 29.9. The number of alkyl halides is 2. The Morgan fingerprint density at radius 2 is 1.73 bits per heavy atom. The molecular formula is C15H22Cl2F2N2O. The molecule has 22 heavy (non-hydrogen) atoms. The van der Waals surface area contributed by atoms with Gasteiger partial charge in [-0.2, -0.15) is 8.78 Å². The summed E-state index contributed by atoms with van der Waals surface area (Å²) in [6, 6.07) is 7.46. The van der Waals surface area contributed by atoms with Crippen LogP contribution in [0.4, 0.5) is 8.78 Å². The van der Waals surface area contributed by atoms with Crippen LogP contribution in [-0.4, -0.2) is 37.7 Å². The van der Waals surface area contributed by atoms with E-state index in [1.807, 2.05) is 12.1 Å². The molecule has 0 spiro atoms. The van der Waals surface area contributed by atoms with Crippen LogP contribution in [0.25, 0.3) is 0 Å². The van der Waals surface area contributed by atoms with Crippen LogP contribution >= 0.6 is 24.8 Å². The van der Waals surface area contributed by atoms with Gasteiger partial charge in [0.1, 0.15) is 5.75 Å². The number of ether oxygens (including phenoxy) is 1. The number of benzene rings is 1. The Hall–Kier alpha value is -0.620. The van der Waals surface area contributed by atoms with E-state index in [1.54, 1.807) is 12.1 Å². The van der Waals surface area contributed by atoms with Crippen LogP contribution in [0, 0.1) is 5.92 Å². The van der Waals surface area contributed by atoms with E-state index in [4.69, 9.17) is 4.74 Å². The van der Waals surface area contributed by atoms with Gasteiger partial charge in [0.05, 0.1) is 0 Å². The highest BCUT2D eigenvalue weighted by atomic mass is 35.5. The monoisotopic (exact) mass is 354 g/mol. The molecule has 0 bridgehead atoms. The van der Waals surface area contributed by atoms with E-state index < -0.39 is 6.61 Å². The van der Waals surface area contributed by atoms with Crippen LogP contribution in [0.3, 0.4) is 0 Å². The summed E-state index contributed by atoms with van der Waals surface area (Å²) in [6.45, 7) is 1.08. The zero-order valence-corrected chi connectivity index (χ0v) is 13.8. The number of rotatable bonds is 5. The topological polar surface area (TPSA) is 24.5 Å². The first kappa shape index (κ1) is 19.4. The van der Waals surface area contributed by atoms with Gasteiger partial charge in [-0.05, 0) is 24.8 Å². The van der Waals surface area contributed by atoms with Crippen LogP contribution < -0.4 is 10.1 Å². The number of hydrogen-bond donors (Lipinski definition) is 1. The van der Waals surface area contributed by atoms with Crippen molar-refractivity contribution in [3.8, 4) is 5.75 Å². The molecule has 1 aromatic carbocycles. The molecule has 7 heteroatoms. The van der Waals surface area contributed by atoms with Gasteiger partial charge in [-0.3, -0.25) is 4.90 Å². The Labute approximate surface area is 142 Å². The molecule has 0 radical (unpaired) electrons. The average molecular weight is 355 g/mol. The second-order valence-corrected chi connectivity index (χ2v) is 5.48. The third-order valence-electron chi connectivity index (χ3n) is 4.07. The summed E-state index contributed by atoms with van der Waals surface area (Å²) in [5.74, 6) is 0.911. The largest absolute Gasteiger partial charge is 0.434 e. The minimum Gasteiger partial charge on any atom is -0.434 e. The molecule has 2 fully saturated rings. The lowest BCUT2D eigenvalue weighted by Crippen LogP contribution is -2.45. The number of piperazine rings is 1. The van der Waals surface area contributed by atoms with E-state index in [2.05, 4.69) is 10.2 Å². The zero-order chi connectivity index (χ0) is 13.9. The first-order valence-electron chi connectivity index (χ1n) is 7.24. The summed E-state index contributed by atoms with van der Waals surface area (Å²) in [6.07, 6.45) is 2.36. The van der Waals surface area contributed by atoms with Crippen molar-refractivity contribution in [3.05, 3.63) is 29.8 Å². The Kier molecular flexibility index (Phi) is 7.83. The van der Waals surface area contributed by atoms with E-state index in [0.29, 0.717) is 11.7 Å². The van der Waals surface area contributed by atoms with E-state index in [-0.39, 0.29) is 30.9 Å². The summed E-state index contributed by atoms with van der Waals surface area (Å²) in [5, 5.41) is 3.33. The van der Waals surface area contributed by atoms with Crippen molar-refractivity contribution in [2.24, 2.45) is 5.92 Å². The van der Waals surface area contributed by atoms with Crippen molar-refractivity contribution in [2.45, 2.75) is 25.5 Å².